The van der Waals surface area contributed by atoms with Crippen molar-refractivity contribution in [2.75, 3.05) is 5.75 Å². The van der Waals surface area contributed by atoms with Gasteiger partial charge < -0.3 is 14.4 Å². The van der Waals surface area contributed by atoms with Crippen LogP contribution in [-0.4, -0.2) is 42.0 Å². The van der Waals surface area contributed by atoms with Crippen molar-refractivity contribution in [3.8, 4) is 0 Å². The van der Waals surface area contributed by atoms with Crippen LogP contribution < -0.4 is 0 Å². The molecule has 0 saturated heterocycles. The lowest BCUT2D eigenvalue weighted by atomic mass is 9.96. The van der Waals surface area contributed by atoms with Gasteiger partial charge in [-0.25, -0.2) is 8.42 Å². The second-order valence-corrected chi connectivity index (χ2v) is 6.21. The third-order valence-electron chi connectivity index (χ3n) is 2.95. The minimum atomic E-state index is -4.30. The van der Waals surface area contributed by atoms with E-state index in [1.54, 1.807) is 13.8 Å². The molecule has 0 saturated carbocycles. The highest BCUT2D eigenvalue weighted by molar-refractivity contribution is 7.85. The molecular weight excluding hydrogens is 272 g/mol. The van der Waals surface area contributed by atoms with E-state index in [0.29, 0.717) is 12.8 Å². The molecule has 114 valence electrons. The summed E-state index contributed by atoms with van der Waals surface area (Å²) in [6.45, 7) is 4.84. The fraction of sp³-hybridized carbons (Fsp3) is 0.917. The standard InChI is InChI=1S/C12H24O6S/c1-4-10(8-19(15,16)17)6-12(18-9(3)13)7-11(14)5-2/h10-12,14H,4-8H2,1-3H3,(H,15,16,17)/p-1. The summed E-state index contributed by atoms with van der Waals surface area (Å²) < 4.78 is 37.4. The first-order valence-electron chi connectivity index (χ1n) is 6.46. The molecule has 0 aliphatic carbocycles. The van der Waals surface area contributed by atoms with E-state index in [1.165, 1.54) is 6.92 Å². The number of carbonyl (C=O) groups excluding carboxylic acids is 1. The van der Waals surface area contributed by atoms with Gasteiger partial charge in [0.2, 0.25) is 0 Å². The highest BCUT2D eigenvalue weighted by Gasteiger charge is 2.22. The first-order chi connectivity index (χ1) is 8.67. The van der Waals surface area contributed by atoms with Crippen LogP contribution in [0.15, 0.2) is 0 Å². The largest absolute Gasteiger partial charge is 0.748 e. The summed E-state index contributed by atoms with van der Waals surface area (Å²) in [5, 5.41) is 9.59. The van der Waals surface area contributed by atoms with Crippen molar-refractivity contribution in [2.45, 2.75) is 58.7 Å². The van der Waals surface area contributed by atoms with Crippen molar-refractivity contribution >= 4 is 16.1 Å². The molecule has 0 fully saturated rings. The number of ether oxygens (including phenoxy) is 1. The lowest BCUT2D eigenvalue weighted by Gasteiger charge is -2.25. The fourth-order valence-corrected chi connectivity index (χ4v) is 2.86. The van der Waals surface area contributed by atoms with E-state index in [-0.39, 0.29) is 18.8 Å². The van der Waals surface area contributed by atoms with Crippen LogP contribution >= 0.6 is 0 Å². The maximum Gasteiger partial charge on any atom is 0.302 e. The van der Waals surface area contributed by atoms with Gasteiger partial charge in [0.25, 0.3) is 0 Å². The second-order valence-electron chi connectivity index (χ2n) is 4.76. The highest BCUT2D eigenvalue weighted by atomic mass is 32.2. The first-order valence-corrected chi connectivity index (χ1v) is 8.04. The topological polar surface area (TPSA) is 104 Å². The Balaban J connectivity index is 4.62. The number of esters is 1. The molecule has 0 aromatic carbocycles. The van der Waals surface area contributed by atoms with Crippen molar-refractivity contribution in [3.05, 3.63) is 0 Å². The minimum Gasteiger partial charge on any atom is -0.748 e. The summed E-state index contributed by atoms with van der Waals surface area (Å²) in [5.41, 5.74) is 0. The normalized spacial score (nSPS) is 16.7. The van der Waals surface area contributed by atoms with E-state index in [1.807, 2.05) is 0 Å². The van der Waals surface area contributed by atoms with Gasteiger partial charge in [0, 0.05) is 19.1 Å². The first kappa shape index (κ1) is 18.3. The van der Waals surface area contributed by atoms with E-state index in [2.05, 4.69) is 0 Å². The van der Waals surface area contributed by atoms with Crippen molar-refractivity contribution in [1.29, 1.82) is 0 Å². The van der Waals surface area contributed by atoms with Gasteiger partial charge in [0.15, 0.2) is 0 Å². The minimum absolute atomic E-state index is 0.255. The van der Waals surface area contributed by atoms with Gasteiger partial charge >= 0.3 is 5.97 Å². The van der Waals surface area contributed by atoms with Gasteiger partial charge in [0.05, 0.1) is 16.2 Å². The van der Waals surface area contributed by atoms with Crippen LogP contribution in [-0.2, 0) is 19.6 Å². The van der Waals surface area contributed by atoms with E-state index in [9.17, 15) is 22.9 Å². The molecule has 0 spiro atoms. The van der Waals surface area contributed by atoms with Crippen LogP contribution in [0.2, 0.25) is 0 Å². The molecule has 0 aliphatic heterocycles. The third-order valence-corrected chi connectivity index (χ3v) is 3.83. The lowest BCUT2D eigenvalue weighted by molar-refractivity contribution is -0.148. The fourth-order valence-electron chi connectivity index (χ4n) is 1.91. The zero-order valence-electron chi connectivity index (χ0n) is 11.7. The summed E-state index contributed by atoms with van der Waals surface area (Å²) in [6, 6.07) is 0. The molecule has 3 unspecified atom stereocenters. The van der Waals surface area contributed by atoms with Crippen LogP contribution in [0.1, 0.15) is 46.5 Å². The molecule has 0 aromatic rings. The Labute approximate surface area is 114 Å². The molecule has 0 rings (SSSR count). The van der Waals surface area contributed by atoms with Crippen LogP contribution in [0.5, 0.6) is 0 Å². The number of aliphatic hydroxyl groups is 1. The van der Waals surface area contributed by atoms with Crippen LogP contribution in [0.4, 0.5) is 0 Å². The number of aliphatic hydroxyl groups excluding tert-OH is 1. The molecule has 6 nitrogen and oxygen atoms in total. The average molecular weight is 295 g/mol. The molecule has 7 heteroatoms. The second kappa shape index (κ2) is 8.50. The van der Waals surface area contributed by atoms with Gasteiger partial charge in [-0.05, 0) is 18.8 Å². The summed E-state index contributed by atoms with van der Waals surface area (Å²) in [6.07, 6.45) is 0.389. The van der Waals surface area contributed by atoms with E-state index in [0.717, 1.165) is 0 Å². The molecule has 3 atom stereocenters. The lowest BCUT2D eigenvalue weighted by Crippen LogP contribution is -2.27. The average Bonchev–Trinajstić information content (AvgIpc) is 2.25. The maximum absolute atomic E-state index is 11.0. The maximum atomic E-state index is 11.0. The van der Waals surface area contributed by atoms with E-state index in [4.69, 9.17) is 4.74 Å². The van der Waals surface area contributed by atoms with Crippen molar-refractivity contribution in [3.63, 3.8) is 0 Å². The van der Waals surface area contributed by atoms with Crippen molar-refractivity contribution in [1.82, 2.24) is 0 Å². The molecule has 0 amide bonds. The Bertz CT molecular complexity index is 364. The molecule has 0 bridgehead atoms. The predicted molar refractivity (Wildman–Crippen MR) is 69.4 cm³/mol. The van der Waals surface area contributed by atoms with Gasteiger partial charge in [-0.1, -0.05) is 20.3 Å². The summed E-state index contributed by atoms with van der Waals surface area (Å²) in [5.74, 6) is -1.31. The summed E-state index contributed by atoms with van der Waals surface area (Å²) >= 11 is 0. The quantitative estimate of drug-likeness (QED) is 0.503. The predicted octanol–water partition coefficient (Wildman–Crippen LogP) is 1.04. The molecule has 0 heterocycles. The third kappa shape index (κ3) is 9.86. The zero-order chi connectivity index (χ0) is 15.1. The van der Waals surface area contributed by atoms with Crippen molar-refractivity contribution in [2.24, 2.45) is 5.92 Å². The SMILES string of the molecule is CCC(O)CC(CC(CC)CS(=O)(=O)[O-])OC(C)=O. The van der Waals surface area contributed by atoms with Gasteiger partial charge in [-0.15, -0.1) is 0 Å². The van der Waals surface area contributed by atoms with Gasteiger partial charge in [0.1, 0.15) is 6.10 Å². The smallest absolute Gasteiger partial charge is 0.302 e. The van der Waals surface area contributed by atoms with Crippen LogP contribution in [0, 0.1) is 5.92 Å². The molecule has 0 aliphatic rings. The van der Waals surface area contributed by atoms with E-state index < -0.39 is 34.0 Å². The molecule has 0 aromatic heterocycles. The molecular formula is C12H23O6S-. The monoisotopic (exact) mass is 295 g/mol. The molecule has 19 heavy (non-hydrogen) atoms. The van der Waals surface area contributed by atoms with Crippen molar-refractivity contribution < 1.29 is 27.6 Å². The molecule has 0 radical (unpaired) electrons. The Morgan fingerprint density at radius 1 is 1.26 bits per heavy atom. The number of rotatable bonds is 9. The van der Waals surface area contributed by atoms with Gasteiger partial charge in [-0.3, -0.25) is 4.79 Å². The summed E-state index contributed by atoms with van der Waals surface area (Å²) in [7, 11) is -4.30. The summed E-state index contributed by atoms with van der Waals surface area (Å²) in [4.78, 5) is 11.0. The van der Waals surface area contributed by atoms with Gasteiger partial charge in [-0.2, -0.15) is 0 Å². The Kier molecular flexibility index (Phi) is 8.20. The molecule has 1 N–H and O–H groups in total. The highest BCUT2D eigenvalue weighted by Crippen LogP contribution is 2.19. The number of hydrogen-bond acceptors (Lipinski definition) is 6. The van der Waals surface area contributed by atoms with E-state index >= 15 is 0 Å². The van der Waals surface area contributed by atoms with Crippen LogP contribution in [0.3, 0.4) is 0 Å². The number of carbonyl (C=O) groups is 1. The van der Waals surface area contributed by atoms with Crippen LogP contribution in [0.25, 0.3) is 0 Å². The Morgan fingerprint density at radius 3 is 2.21 bits per heavy atom. The zero-order valence-corrected chi connectivity index (χ0v) is 12.5. The number of hydrogen-bond donors (Lipinski definition) is 1. The Hall–Kier alpha value is -0.660. The Morgan fingerprint density at radius 2 is 1.84 bits per heavy atom.